The van der Waals surface area contributed by atoms with Gasteiger partial charge in [-0.25, -0.2) is 4.79 Å². The van der Waals surface area contributed by atoms with Crippen LogP contribution in [0.5, 0.6) is 0 Å². The van der Waals surface area contributed by atoms with Crippen LogP contribution in [0.1, 0.15) is 19.3 Å². The maximum Gasteiger partial charge on any atom is 0.328 e. The first-order valence-electron chi connectivity index (χ1n) is 6.01. The molecule has 7 heteroatoms. The van der Waals surface area contributed by atoms with Crippen LogP contribution in [0.2, 0.25) is 0 Å². The number of nitrogens with one attached hydrogen (secondary N) is 1. The molecule has 0 aromatic rings. The lowest BCUT2D eigenvalue weighted by molar-refractivity contribution is -0.161. The zero-order valence-electron chi connectivity index (χ0n) is 9.92. The van der Waals surface area contributed by atoms with Crippen molar-refractivity contribution >= 4 is 17.8 Å². The third-order valence-electron chi connectivity index (χ3n) is 3.21. The lowest BCUT2D eigenvalue weighted by Crippen LogP contribution is -2.61. The molecule has 2 atom stereocenters. The van der Waals surface area contributed by atoms with Gasteiger partial charge in [-0.2, -0.15) is 0 Å². The van der Waals surface area contributed by atoms with Crippen molar-refractivity contribution in [3.8, 4) is 0 Å². The van der Waals surface area contributed by atoms with Gasteiger partial charge in [-0.15, -0.1) is 0 Å². The maximum atomic E-state index is 12.2. The van der Waals surface area contributed by atoms with Gasteiger partial charge in [0, 0.05) is 13.2 Å². The summed E-state index contributed by atoms with van der Waals surface area (Å²) in [5, 5.41) is 11.5. The molecule has 2 heterocycles. The summed E-state index contributed by atoms with van der Waals surface area (Å²) in [6.07, 6.45) is 1.77. The maximum absolute atomic E-state index is 12.2. The van der Waals surface area contributed by atoms with E-state index >= 15 is 0 Å². The molecule has 2 aliphatic rings. The van der Waals surface area contributed by atoms with Crippen molar-refractivity contribution in [3.05, 3.63) is 0 Å². The van der Waals surface area contributed by atoms with Crippen molar-refractivity contribution in [3.63, 3.8) is 0 Å². The van der Waals surface area contributed by atoms with Crippen LogP contribution >= 0.6 is 0 Å². The van der Waals surface area contributed by atoms with Crippen LogP contribution < -0.4 is 5.32 Å². The minimum absolute atomic E-state index is 0.0490. The average Bonchev–Trinajstić information content (AvgIpc) is 2.38. The van der Waals surface area contributed by atoms with E-state index in [1.54, 1.807) is 0 Å². The molecule has 0 radical (unpaired) electrons. The molecule has 7 nitrogen and oxygen atoms in total. The summed E-state index contributed by atoms with van der Waals surface area (Å²) >= 11 is 0. The van der Waals surface area contributed by atoms with E-state index in [1.165, 1.54) is 0 Å². The quantitative estimate of drug-likeness (QED) is 0.658. The number of carbonyl (C=O) groups is 3. The normalized spacial score (nSPS) is 28.7. The van der Waals surface area contributed by atoms with Crippen molar-refractivity contribution < 1.29 is 24.2 Å². The highest BCUT2D eigenvalue weighted by Crippen LogP contribution is 2.17. The number of ether oxygens (including phenoxy) is 1. The molecule has 2 N–H and O–H groups in total. The summed E-state index contributed by atoms with van der Waals surface area (Å²) < 4.78 is 5.34. The fraction of sp³-hybridized carbons (Fsp3) is 0.727. The highest BCUT2D eigenvalue weighted by molar-refractivity contribution is 5.92. The van der Waals surface area contributed by atoms with Gasteiger partial charge in [0.15, 0.2) is 0 Å². The number of rotatable bonds is 2. The van der Waals surface area contributed by atoms with Gasteiger partial charge in [0.25, 0.3) is 5.91 Å². The first kappa shape index (κ1) is 12.8. The van der Waals surface area contributed by atoms with Crippen molar-refractivity contribution in [1.82, 2.24) is 10.2 Å². The number of carboxylic acid groups (broad SMARTS) is 1. The second-order valence-electron chi connectivity index (χ2n) is 4.48. The van der Waals surface area contributed by atoms with E-state index < -0.39 is 24.0 Å². The van der Waals surface area contributed by atoms with Gasteiger partial charge < -0.3 is 20.1 Å². The predicted octanol–water partition coefficient (Wildman–Crippen LogP) is -1.03. The highest BCUT2D eigenvalue weighted by Gasteiger charge is 2.38. The monoisotopic (exact) mass is 256 g/mol. The molecule has 2 unspecified atom stereocenters. The Morgan fingerprint density at radius 2 is 2.17 bits per heavy atom. The van der Waals surface area contributed by atoms with Crippen LogP contribution in [0.4, 0.5) is 0 Å². The Balaban J connectivity index is 2.08. The number of carboxylic acids is 1. The summed E-state index contributed by atoms with van der Waals surface area (Å²) in [6, 6.07) is -0.999. The fourth-order valence-corrected chi connectivity index (χ4v) is 2.21. The fourth-order valence-electron chi connectivity index (χ4n) is 2.21. The number of hydrogen-bond acceptors (Lipinski definition) is 4. The molecule has 0 spiro atoms. The van der Waals surface area contributed by atoms with Crippen LogP contribution in [0.3, 0.4) is 0 Å². The predicted molar refractivity (Wildman–Crippen MR) is 59.7 cm³/mol. The Kier molecular flexibility index (Phi) is 3.81. The first-order chi connectivity index (χ1) is 8.59. The molecule has 0 aliphatic carbocycles. The van der Waals surface area contributed by atoms with E-state index in [-0.39, 0.29) is 19.0 Å². The SMILES string of the molecule is O=C1CN(C(=O)C2CCCCO2)C(C(=O)O)CN1. The Bertz CT molecular complexity index is 364. The summed E-state index contributed by atoms with van der Waals surface area (Å²) in [4.78, 5) is 35.6. The molecule has 2 fully saturated rings. The van der Waals surface area contributed by atoms with Gasteiger partial charge in [0.05, 0.1) is 0 Å². The van der Waals surface area contributed by atoms with E-state index in [0.717, 1.165) is 17.7 Å². The summed E-state index contributed by atoms with van der Waals surface area (Å²) in [6.45, 7) is 0.246. The van der Waals surface area contributed by atoms with E-state index in [9.17, 15) is 14.4 Å². The highest BCUT2D eigenvalue weighted by atomic mass is 16.5. The third kappa shape index (κ3) is 2.61. The number of nitrogens with zero attached hydrogens (tertiary/aromatic N) is 1. The molecule has 0 bridgehead atoms. The lowest BCUT2D eigenvalue weighted by Gasteiger charge is -2.35. The van der Waals surface area contributed by atoms with Gasteiger partial charge in [0.2, 0.25) is 5.91 Å². The van der Waals surface area contributed by atoms with Crippen molar-refractivity contribution in [2.45, 2.75) is 31.4 Å². The molecule has 0 saturated carbocycles. The van der Waals surface area contributed by atoms with Gasteiger partial charge >= 0.3 is 5.97 Å². The minimum atomic E-state index is -1.11. The van der Waals surface area contributed by atoms with Crippen molar-refractivity contribution in [2.75, 3.05) is 19.7 Å². The Labute approximate surface area is 104 Å². The van der Waals surface area contributed by atoms with E-state index in [0.29, 0.717) is 13.0 Å². The summed E-state index contributed by atoms with van der Waals surface area (Å²) in [7, 11) is 0. The Hall–Kier alpha value is -1.63. The second kappa shape index (κ2) is 5.34. The van der Waals surface area contributed by atoms with Gasteiger partial charge in [-0.3, -0.25) is 9.59 Å². The zero-order valence-corrected chi connectivity index (χ0v) is 9.92. The molecular formula is C11H16N2O5. The summed E-state index contributed by atoms with van der Waals surface area (Å²) in [5.41, 5.74) is 0. The third-order valence-corrected chi connectivity index (χ3v) is 3.21. The Morgan fingerprint density at radius 1 is 1.39 bits per heavy atom. The van der Waals surface area contributed by atoms with Crippen LogP contribution in [-0.4, -0.2) is 59.6 Å². The molecular weight excluding hydrogens is 240 g/mol. The zero-order chi connectivity index (χ0) is 13.1. The van der Waals surface area contributed by atoms with Crippen LogP contribution in [0.15, 0.2) is 0 Å². The lowest BCUT2D eigenvalue weighted by atomic mass is 10.1. The molecule has 0 aromatic heterocycles. The van der Waals surface area contributed by atoms with E-state index in [2.05, 4.69) is 5.32 Å². The van der Waals surface area contributed by atoms with Crippen LogP contribution in [0, 0.1) is 0 Å². The van der Waals surface area contributed by atoms with Gasteiger partial charge in [-0.05, 0) is 19.3 Å². The summed E-state index contributed by atoms with van der Waals surface area (Å²) in [5.74, 6) is -1.84. The topological polar surface area (TPSA) is 95.9 Å². The number of hydrogen-bond donors (Lipinski definition) is 2. The molecule has 2 amide bonds. The largest absolute Gasteiger partial charge is 0.480 e. The van der Waals surface area contributed by atoms with E-state index in [1.807, 2.05) is 0 Å². The first-order valence-corrected chi connectivity index (χ1v) is 6.01. The van der Waals surface area contributed by atoms with Crippen molar-refractivity contribution in [2.24, 2.45) is 0 Å². The molecule has 2 saturated heterocycles. The minimum Gasteiger partial charge on any atom is -0.480 e. The van der Waals surface area contributed by atoms with Crippen LogP contribution in [0.25, 0.3) is 0 Å². The molecule has 0 aromatic carbocycles. The second-order valence-corrected chi connectivity index (χ2v) is 4.48. The number of amides is 2. The average molecular weight is 256 g/mol. The number of piperazine rings is 1. The number of aliphatic carboxylic acids is 1. The molecule has 100 valence electrons. The van der Waals surface area contributed by atoms with Gasteiger partial charge in [0.1, 0.15) is 18.7 Å². The molecule has 18 heavy (non-hydrogen) atoms. The molecule has 2 aliphatic heterocycles. The smallest absolute Gasteiger partial charge is 0.328 e. The number of carbonyl (C=O) groups excluding carboxylic acids is 2. The van der Waals surface area contributed by atoms with Crippen LogP contribution in [-0.2, 0) is 19.1 Å². The van der Waals surface area contributed by atoms with Gasteiger partial charge in [-0.1, -0.05) is 0 Å². The van der Waals surface area contributed by atoms with Crippen molar-refractivity contribution in [1.29, 1.82) is 0 Å². The molecule has 2 rings (SSSR count). The Morgan fingerprint density at radius 3 is 2.78 bits per heavy atom. The van der Waals surface area contributed by atoms with E-state index in [4.69, 9.17) is 9.84 Å². The standard InChI is InChI=1S/C11H16N2O5/c14-9-6-13(7(5-12-9)11(16)17)10(15)8-3-1-2-4-18-8/h7-8H,1-6H2,(H,12,14)(H,16,17).